The Kier molecular flexibility index (Phi) is 5.15. The van der Waals surface area contributed by atoms with Crippen LogP contribution in [0.1, 0.15) is 22.9 Å². The predicted octanol–water partition coefficient (Wildman–Crippen LogP) is 3.43. The van der Waals surface area contributed by atoms with E-state index < -0.39 is 11.9 Å². The van der Waals surface area contributed by atoms with Crippen LogP contribution >= 0.6 is 0 Å². The molecule has 2 aromatic heterocycles. The van der Waals surface area contributed by atoms with Crippen molar-refractivity contribution in [2.45, 2.75) is 18.8 Å². The average Bonchev–Trinajstić information content (AvgIpc) is 3.21. The molecule has 0 amide bonds. The summed E-state index contributed by atoms with van der Waals surface area (Å²) in [5.41, 5.74) is 1.98. The molecule has 8 heteroatoms. The fraction of sp³-hybridized carbons (Fsp3) is 0.300. The molecular formula is C20H20F3N5. The summed E-state index contributed by atoms with van der Waals surface area (Å²) in [6, 6.07) is 12.7. The number of benzene rings is 1. The number of hydrogen-bond acceptors (Lipinski definition) is 4. The highest BCUT2D eigenvalue weighted by molar-refractivity contribution is 5.34. The Labute approximate surface area is 160 Å². The van der Waals surface area contributed by atoms with Crippen molar-refractivity contribution in [2.24, 2.45) is 0 Å². The van der Waals surface area contributed by atoms with Gasteiger partial charge in [0.15, 0.2) is 5.69 Å². The van der Waals surface area contributed by atoms with E-state index in [4.69, 9.17) is 0 Å². The van der Waals surface area contributed by atoms with E-state index in [-0.39, 0.29) is 6.04 Å². The van der Waals surface area contributed by atoms with Crippen molar-refractivity contribution in [1.29, 1.82) is 0 Å². The summed E-state index contributed by atoms with van der Waals surface area (Å²) in [6.07, 6.45) is 0.549. The lowest BCUT2D eigenvalue weighted by Gasteiger charge is -2.36. The second kappa shape index (κ2) is 7.73. The fourth-order valence-electron chi connectivity index (χ4n) is 3.44. The van der Waals surface area contributed by atoms with E-state index >= 15 is 0 Å². The van der Waals surface area contributed by atoms with Gasteiger partial charge in [-0.1, -0.05) is 18.2 Å². The third kappa shape index (κ3) is 4.07. The first-order valence-corrected chi connectivity index (χ1v) is 9.07. The van der Waals surface area contributed by atoms with Crippen LogP contribution in [-0.2, 0) is 12.7 Å². The van der Waals surface area contributed by atoms with Crippen LogP contribution in [0.3, 0.4) is 0 Å². The maximum absolute atomic E-state index is 12.7. The van der Waals surface area contributed by atoms with Crippen molar-refractivity contribution in [1.82, 2.24) is 25.0 Å². The average molecular weight is 387 g/mol. The Hall–Kier alpha value is -2.71. The molecule has 0 saturated carbocycles. The Morgan fingerprint density at radius 2 is 1.93 bits per heavy atom. The van der Waals surface area contributed by atoms with Crippen LogP contribution in [-0.4, -0.2) is 39.3 Å². The van der Waals surface area contributed by atoms with Crippen LogP contribution in [0.4, 0.5) is 13.2 Å². The summed E-state index contributed by atoms with van der Waals surface area (Å²) in [7, 11) is 0. The lowest BCUT2D eigenvalue weighted by molar-refractivity contribution is -0.141. The molecule has 1 aliphatic rings. The Bertz CT molecular complexity index is 906. The van der Waals surface area contributed by atoms with Gasteiger partial charge in [-0.15, -0.1) is 0 Å². The molecule has 1 N–H and O–H groups in total. The van der Waals surface area contributed by atoms with Crippen LogP contribution in [0.2, 0.25) is 0 Å². The van der Waals surface area contributed by atoms with E-state index in [1.165, 1.54) is 16.4 Å². The Morgan fingerprint density at radius 1 is 1.11 bits per heavy atom. The molecule has 3 aromatic rings. The Morgan fingerprint density at radius 3 is 2.61 bits per heavy atom. The van der Waals surface area contributed by atoms with Gasteiger partial charge in [0.1, 0.15) is 0 Å². The SMILES string of the molecule is FC(F)(F)c1ccn(-c2ccc(CN3CCNCC3c3cccnc3)cc2)n1. The van der Waals surface area contributed by atoms with Crippen molar-refractivity contribution in [3.05, 3.63) is 77.9 Å². The van der Waals surface area contributed by atoms with Gasteiger partial charge in [0.25, 0.3) is 0 Å². The number of hydrogen-bond donors (Lipinski definition) is 1. The summed E-state index contributed by atoms with van der Waals surface area (Å²) in [6.45, 7) is 3.45. The van der Waals surface area contributed by atoms with Gasteiger partial charge < -0.3 is 5.32 Å². The lowest BCUT2D eigenvalue weighted by atomic mass is 10.0. The standard InChI is InChI=1S/C20H20F3N5/c21-20(22,23)19-7-10-28(26-19)17-5-3-15(4-6-17)14-27-11-9-25-13-18(27)16-2-1-8-24-12-16/h1-8,10,12,18,25H,9,11,13-14H2. The van der Waals surface area contributed by atoms with Gasteiger partial charge >= 0.3 is 6.18 Å². The molecule has 3 heterocycles. The second-order valence-corrected chi connectivity index (χ2v) is 6.79. The van der Waals surface area contributed by atoms with E-state index in [1.807, 2.05) is 24.4 Å². The molecule has 1 aromatic carbocycles. The van der Waals surface area contributed by atoms with Gasteiger partial charge in [0, 0.05) is 50.8 Å². The zero-order valence-corrected chi connectivity index (χ0v) is 15.1. The fourth-order valence-corrected chi connectivity index (χ4v) is 3.44. The molecule has 146 valence electrons. The number of rotatable bonds is 4. The third-order valence-electron chi connectivity index (χ3n) is 4.89. The summed E-state index contributed by atoms with van der Waals surface area (Å²) >= 11 is 0. The predicted molar refractivity (Wildman–Crippen MR) is 98.8 cm³/mol. The van der Waals surface area contributed by atoms with Gasteiger partial charge in [-0.3, -0.25) is 9.88 Å². The smallest absolute Gasteiger partial charge is 0.314 e. The second-order valence-electron chi connectivity index (χ2n) is 6.79. The number of pyridine rings is 1. The summed E-state index contributed by atoms with van der Waals surface area (Å²) < 4.78 is 39.4. The van der Waals surface area contributed by atoms with E-state index in [1.54, 1.807) is 18.3 Å². The molecule has 1 unspecified atom stereocenters. The minimum atomic E-state index is -4.44. The molecule has 1 fully saturated rings. The van der Waals surface area contributed by atoms with Crippen LogP contribution in [0.5, 0.6) is 0 Å². The molecule has 1 aliphatic heterocycles. The van der Waals surface area contributed by atoms with Gasteiger partial charge in [0.05, 0.1) is 5.69 Å². The number of nitrogens with one attached hydrogen (secondary N) is 1. The first kappa shape index (κ1) is 18.6. The topological polar surface area (TPSA) is 46.0 Å². The van der Waals surface area contributed by atoms with Crippen LogP contribution in [0.25, 0.3) is 5.69 Å². The molecule has 0 radical (unpaired) electrons. The first-order valence-electron chi connectivity index (χ1n) is 9.07. The van der Waals surface area contributed by atoms with Crippen molar-refractivity contribution in [3.8, 4) is 5.69 Å². The zero-order valence-electron chi connectivity index (χ0n) is 15.1. The maximum atomic E-state index is 12.7. The molecule has 1 atom stereocenters. The molecule has 5 nitrogen and oxygen atoms in total. The zero-order chi connectivity index (χ0) is 19.6. The van der Waals surface area contributed by atoms with Crippen molar-refractivity contribution >= 4 is 0 Å². The van der Waals surface area contributed by atoms with Gasteiger partial charge in [-0.25, -0.2) is 4.68 Å². The highest BCUT2D eigenvalue weighted by Crippen LogP contribution is 2.28. The van der Waals surface area contributed by atoms with Gasteiger partial charge in [0.2, 0.25) is 0 Å². The van der Waals surface area contributed by atoms with Crippen molar-refractivity contribution < 1.29 is 13.2 Å². The van der Waals surface area contributed by atoms with E-state index in [9.17, 15) is 13.2 Å². The normalized spacial score (nSPS) is 18.3. The number of aromatic nitrogens is 3. The maximum Gasteiger partial charge on any atom is 0.435 e. The molecule has 0 bridgehead atoms. The van der Waals surface area contributed by atoms with E-state index in [0.29, 0.717) is 5.69 Å². The lowest BCUT2D eigenvalue weighted by Crippen LogP contribution is -2.45. The highest BCUT2D eigenvalue weighted by Gasteiger charge is 2.33. The minimum absolute atomic E-state index is 0.239. The van der Waals surface area contributed by atoms with Crippen LogP contribution in [0.15, 0.2) is 61.1 Å². The monoisotopic (exact) mass is 387 g/mol. The molecule has 0 spiro atoms. The number of alkyl halides is 3. The Balaban J connectivity index is 1.48. The molecular weight excluding hydrogens is 367 g/mol. The van der Waals surface area contributed by atoms with E-state index in [0.717, 1.165) is 37.8 Å². The number of halogens is 3. The molecule has 0 aliphatic carbocycles. The number of piperazine rings is 1. The minimum Gasteiger partial charge on any atom is -0.314 e. The summed E-state index contributed by atoms with van der Waals surface area (Å²) in [5, 5.41) is 7.04. The van der Waals surface area contributed by atoms with Crippen LogP contribution < -0.4 is 5.32 Å². The summed E-state index contributed by atoms with van der Waals surface area (Å²) in [5.74, 6) is 0. The molecule has 4 rings (SSSR count). The number of nitrogens with zero attached hydrogens (tertiary/aromatic N) is 4. The largest absolute Gasteiger partial charge is 0.435 e. The van der Waals surface area contributed by atoms with Crippen molar-refractivity contribution in [2.75, 3.05) is 19.6 Å². The van der Waals surface area contributed by atoms with Gasteiger partial charge in [-0.2, -0.15) is 18.3 Å². The third-order valence-corrected chi connectivity index (χ3v) is 4.89. The quantitative estimate of drug-likeness (QED) is 0.745. The van der Waals surface area contributed by atoms with Crippen molar-refractivity contribution in [3.63, 3.8) is 0 Å². The van der Waals surface area contributed by atoms with E-state index in [2.05, 4.69) is 26.4 Å². The molecule has 28 heavy (non-hydrogen) atoms. The molecule has 1 saturated heterocycles. The first-order chi connectivity index (χ1) is 13.5. The van der Waals surface area contributed by atoms with Gasteiger partial charge in [-0.05, 0) is 35.4 Å². The highest BCUT2D eigenvalue weighted by atomic mass is 19.4. The van der Waals surface area contributed by atoms with Crippen LogP contribution in [0, 0.1) is 0 Å². The summed E-state index contributed by atoms with van der Waals surface area (Å²) in [4.78, 5) is 6.61.